The third-order valence-electron chi connectivity index (χ3n) is 2.81. The van der Waals surface area contributed by atoms with Crippen LogP contribution in [-0.4, -0.2) is 45.8 Å². The van der Waals surface area contributed by atoms with Crippen molar-refractivity contribution in [1.82, 2.24) is 31.0 Å². The number of hydrogen-bond donors (Lipinski definition) is 2. The fourth-order valence-electron chi connectivity index (χ4n) is 1.44. The number of carbonyl (C=O) groups is 2. The maximum atomic E-state index is 11.4. The maximum Gasteiger partial charge on any atom is 0.407 e. The molecule has 10 nitrogen and oxygen atoms in total. The van der Waals surface area contributed by atoms with Crippen molar-refractivity contribution in [3.8, 4) is 0 Å². The maximum absolute atomic E-state index is 11.4. The summed E-state index contributed by atoms with van der Waals surface area (Å²) in [6.45, 7) is 4.90. The molecule has 134 valence electrons. The van der Waals surface area contributed by atoms with Crippen molar-refractivity contribution in [2.24, 2.45) is 0 Å². The van der Waals surface area contributed by atoms with Crippen LogP contribution < -0.4 is 10.6 Å². The van der Waals surface area contributed by atoms with Gasteiger partial charge in [0, 0.05) is 0 Å². The number of aromatic nitrogens is 4. The zero-order valence-corrected chi connectivity index (χ0v) is 14.1. The largest absolute Gasteiger partial charge is 0.450 e. The molecule has 0 aliphatic heterocycles. The Labute approximate surface area is 140 Å². The van der Waals surface area contributed by atoms with E-state index in [0.717, 1.165) is 25.7 Å². The lowest BCUT2D eigenvalue weighted by molar-refractivity contribution is 0.142. The lowest BCUT2D eigenvalue weighted by atomic mass is 10.4. The summed E-state index contributed by atoms with van der Waals surface area (Å²) in [5.41, 5.74) is 0. The summed E-state index contributed by atoms with van der Waals surface area (Å²) in [6.07, 6.45) is 2.46. The minimum Gasteiger partial charge on any atom is -0.450 e. The third kappa shape index (κ3) is 8.81. The van der Waals surface area contributed by atoms with Crippen LogP contribution in [0.25, 0.3) is 0 Å². The summed E-state index contributed by atoms with van der Waals surface area (Å²) in [7, 11) is 0. The summed E-state index contributed by atoms with van der Waals surface area (Å²) >= 11 is 0. The van der Waals surface area contributed by atoms with Gasteiger partial charge in [-0.05, 0) is 12.8 Å². The SMILES string of the molecule is CCCCOC(=O)NCc1nnc(CNC(=O)OCCCC)nn1. The summed E-state index contributed by atoms with van der Waals surface area (Å²) in [5.74, 6) is 0.494. The third-order valence-corrected chi connectivity index (χ3v) is 2.81. The van der Waals surface area contributed by atoms with E-state index in [1.54, 1.807) is 0 Å². The van der Waals surface area contributed by atoms with Crippen LogP contribution in [0.3, 0.4) is 0 Å². The van der Waals surface area contributed by atoms with Gasteiger partial charge in [0.2, 0.25) is 0 Å². The summed E-state index contributed by atoms with van der Waals surface area (Å²) in [5, 5.41) is 20.3. The molecule has 0 unspecified atom stereocenters. The van der Waals surface area contributed by atoms with Crippen molar-refractivity contribution < 1.29 is 19.1 Å². The van der Waals surface area contributed by atoms with Gasteiger partial charge in [0.1, 0.15) is 0 Å². The van der Waals surface area contributed by atoms with Gasteiger partial charge in [-0.15, -0.1) is 20.4 Å². The molecule has 1 aromatic heterocycles. The van der Waals surface area contributed by atoms with E-state index in [1.165, 1.54) is 0 Å². The molecule has 0 aliphatic carbocycles. The fourth-order valence-corrected chi connectivity index (χ4v) is 1.44. The van der Waals surface area contributed by atoms with Crippen LogP contribution in [0, 0.1) is 0 Å². The van der Waals surface area contributed by atoms with E-state index in [4.69, 9.17) is 9.47 Å². The quantitative estimate of drug-likeness (QED) is 0.610. The topological polar surface area (TPSA) is 128 Å². The molecule has 0 atom stereocenters. The first kappa shape index (κ1) is 19.5. The molecule has 0 bridgehead atoms. The van der Waals surface area contributed by atoms with Crippen molar-refractivity contribution in [2.75, 3.05) is 13.2 Å². The van der Waals surface area contributed by atoms with Crippen molar-refractivity contribution in [3.63, 3.8) is 0 Å². The van der Waals surface area contributed by atoms with Crippen LogP contribution >= 0.6 is 0 Å². The molecule has 0 spiro atoms. The Kier molecular flexibility index (Phi) is 9.74. The Balaban J connectivity index is 2.25. The van der Waals surface area contributed by atoms with Gasteiger partial charge < -0.3 is 20.1 Å². The first-order valence-electron chi connectivity index (χ1n) is 8.02. The van der Waals surface area contributed by atoms with E-state index in [9.17, 15) is 9.59 Å². The van der Waals surface area contributed by atoms with Crippen LogP contribution in [0.4, 0.5) is 9.59 Å². The summed E-state index contributed by atoms with van der Waals surface area (Å²) < 4.78 is 9.85. The normalized spacial score (nSPS) is 10.1. The molecule has 0 aromatic carbocycles. The Morgan fingerprint density at radius 3 is 1.50 bits per heavy atom. The average Bonchev–Trinajstić information content (AvgIpc) is 2.59. The molecule has 2 amide bonds. The number of carbonyl (C=O) groups excluding carboxylic acids is 2. The van der Waals surface area contributed by atoms with Gasteiger partial charge in [-0.1, -0.05) is 26.7 Å². The number of alkyl carbamates (subject to hydrolysis) is 2. The van der Waals surface area contributed by atoms with E-state index >= 15 is 0 Å². The van der Waals surface area contributed by atoms with E-state index in [1.807, 2.05) is 13.8 Å². The number of hydrogen-bond acceptors (Lipinski definition) is 8. The monoisotopic (exact) mass is 340 g/mol. The first-order valence-corrected chi connectivity index (χ1v) is 8.02. The van der Waals surface area contributed by atoms with Crippen LogP contribution in [0.5, 0.6) is 0 Å². The highest BCUT2D eigenvalue weighted by atomic mass is 16.6. The lowest BCUT2D eigenvalue weighted by Crippen LogP contribution is -2.27. The molecule has 0 saturated carbocycles. The molecule has 0 saturated heterocycles. The van der Waals surface area contributed by atoms with Crippen molar-refractivity contribution >= 4 is 12.2 Å². The Bertz CT molecular complexity index is 452. The minimum atomic E-state index is -0.535. The molecule has 0 fully saturated rings. The molecule has 0 aliphatic rings. The van der Waals surface area contributed by atoms with Crippen molar-refractivity contribution in [2.45, 2.75) is 52.6 Å². The van der Waals surface area contributed by atoms with Crippen LogP contribution in [0.1, 0.15) is 51.2 Å². The Morgan fingerprint density at radius 2 is 1.17 bits per heavy atom. The minimum absolute atomic E-state index is 0.0672. The summed E-state index contributed by atoms with van der Waals surface area (Å²) in [6, 6.07) is 0. The standard InChI is InChI=1S/C14H24N6O4/c1-3-5-7-23-13(21)15-9-11-17-19-12(20-18-11)10-16-14(22)24-8-6-4-2/h3-10H2,1-2H3,(H,15,21)(H,16,22). The number of nitrogens with one attached hydrogen (secondary N) is 2. The molecule has 1 rings (SSSR count). The van der Waals surface area contributed by atoms with Gasteiger partial charge >= 0.3 is 12.2 Å². The molecular weight excluding hydrogens is 316 g/mol. The number of rotatable bonds is 10. The Hall–Kier alpha value is -2.52. The van der Waals surface area contributed by atoms with Gasteiger partial charge in [0.05, 0.1) is 26.3 Å². The Morgan fingerprint density at radius 1 is 0.792 bits per heavy atom. The predicted octanol–water partition coefficient (Wildman–Crippen LogP) is 1.32. The number of unbranched alkanes of at least 4 members (excludes halogenated alkanes) is 2. The molecule has 24 heavy (non-hydrogen) atoms. The van der Waals surface area contributed by atoms with Gasteiger partial charge in [0.25, 0.3) is 0 Å². The molecule has 10 heteroatoms. The van der Waals surface area contributed by atoms with Crippen LogP contribution in [0.15, 0.2) is 0 Å². The highest BCUT2D eigenvalue weighted by Crippen LogP contribution is 1.92. The van der Waals surface area contributed by atoms with E-state index in [-0.39, 0.29) is 24.7 Å². The van der Waals surface area contributed by atoms with Crippen molar-refractivity contribution in [1.29, 1.82) is 0 Å². The second kappa shape index (κ2) is 12.0. The van der Waals surface area contributed by atoms with Gasteiger partial charge in [-0.25, -0.2) is 9.59 Å². The van der Waals surface area contributed by atoms with E-state index < -0.39 is 12.2 Å². The fraction of sp³-hybridized carbons (Fsp3) is 0.714. The zero-order chi connectivity index (χ0) is 17.6. The molecular formula is C14H24N6O4. The lowest BCUT2D eigenvalue weighted by Gasteiger charge is -2.06. The number of nitrogens with zero attached hydrogens (tertiary/aromatic N) is 4. The number of ether oxygens (including phenoxy) is 2. The molecule has 1 aromatic rings. The molecule has 0 radical (unpaired) electrons. The average molecular weight is 340 g/mol. The zero-order valence-electron chi connectivity index (χ0n) is 14.1. The first-order chi connectivity index (χ1) is 11.7. The second-order valence-corrected chi connectivity index (χ2v) is 4.92. The molecule has 2 N–H and O–H groups in total. The van der Waals surface area contributed by atoms with Crippen LogP contribution in [-0.2, 0) is 22.6 Å². The van der Waals surface area contributed by atoms with E-state index in [0.29, 0.717) is 13.2 Å². The van der Waals surface area contributed by atoms with Gasteiger partial charge in [-0.2, -0.15) is 0 Å². The smallest absolute Gasteiger partial charge is 0.407 e. The van der Waals surface area contributed by atoms with E-state index in [2.05, 4.69) is 31.0 Å². The molecule has 1 heterocycles. The highest BCUT2D eigenvalue weighted by Gasteiger charge is 2.07. The number of amides is 2. The summed E-state index contributed by atoms with van der Waals surface area (Å²) in [4.78, 5) is 22.7. The highest BCUT2D eigenvalue weighted by molar-refractivity contribution is 5.67. The van der Waals surface area contributed by atoms with Gasteiger partial charge in [0.15, 0.2) is 11.6 Å². The van der Waals surface area contributed by atoms with Crippen molar-refractivity contribution in [3.05, 3.63) is 11.6 Å². The van der Waals surface area contributed by atoms with Gasteiger partial charge in [-0.3, -0.25) is 0 Å². The second-order valence-electron chi connectivity index (χ2n) is 4.92. The van der Waals surface area contributed by atoms with Crippen LogP contribution in [0.2, 0.25) is 0 Å². The predicted molar refractivity (Wildman–Crippen MR) is 83.8 cm³/mol.